The summed E-state index contributed by atoms with van der Waals surface area (Å²) in [6.07, 6.45) is 1.74. The van der Waals surface area contributed by atoms with Crippen LogP contribution in [0.5, 0.6) is 0 Å². The summed E-state index contributed by atoms with van der Waals surface area (Å²) < 4.78 is 0. The Morgan fingerprint density at radius 3 is 2.26 bits per heavy atom. The molecule has 0 aromatic heterocycles. The highest BCUT2D eigenvalue weighted by Crippen LogP contribution is 2.09. The molecule has 0 aliphatic heterocycles. The van der Waals surface area contributed by atoms with Crippen molar-refractivity contribution in [2.24, 2.45) is 11.5 Å². The molecule has 1 aromatic carbocycles. The van der Waals surface area contributed by atoms with Crippen LogP contribution in [-0.2, 0) is 17.6 Å². The lowest BCUT2D eigenvalue weighted by atomic mass is 10.0. The molecule has 5 nitrogen and oxygen atoms in total. The fourth-order valence-corrected chi connectivity index (χ4v) is 1.69. The summed E-state index contributed by atoms with van der Waals surface area (Å²) in [6, 6.07) is 6.59. The van der Waals surface area contributed by atoms with E-state index in [1.807, 2.05) is 24.3 Å². The van der Waals surface area contributed by atoms with E-state index in [0.717, 1.165) is 17.5 Å². The molecule has 0 bridgehead atoms. The number of carbonyl (C=O) groups is 1. The summed E-state index contributed by atoms with van der Waals surface area (Å²) in [4.78, 5) is 10.7. The second-order valence-corrected chi connectivity index (χ2v) is 4.78. The van der Waals surface area contributed by atoms with Crippen LogP contribution in [0, 0.1) is 5.41 Å². The number of nitrogens with two attached hydrogens (primary N) is 2. The van der Waals surface area contributed by atoms with E-state index in [2.05, 4.69) is 0 Å². The number of aliphatic carboxylic acids is 1. The minimum atomic E-state index is -0.991. The first kappa shape index (κ1) is 15.3. The standard InChI is InChI=1S/C14H21N3O2/c1-9(15)12(16)7-6-10-2-4-11(5-3-10)8-13(17)14(18)19/h2-5,9,13,16H,6-8,15,17H2,1H3,(H,18,19)/t9-,13?/m0/s1. The number of benzene rings is 1. The SMILES string of the molecule is C[C@H](N)C(=N)CCc1ccc(CC(N)C(=O)O)cc1. The van der Waals surface area contributed by atoms with Crippen molar-refractivity contribution in [3.05, 3.63) is 35.4 Å². The molecular weight excluding hydrogens is 242 g/mol. The minimum Gasteiger partial charge on any atom is -0.480 e. The topological polar surface area (TPSA) is 113 Å². The highest BCUT2D eigenvalue weighted by molar-refractivity contribution is 5.86. The van der Waals surface area contributed by atoms with E-state index in [-0.39, 0.29) is 6.04 Å². The maximum absolute atomic E-state index is 10.7. The van der Waals surface area contributed by atoms with Gasteiger partial charge in [0.1, 0.15) is 6.04 Å². The van der Waals surface area contributed by atoms with Crippen molar-refractivity contribution in [1.82, 2.24) is 0 Å². The summed E-state index contributed by atoms with van der Waals surface area (Å²) in [5.74, 6) is -0.991. The Balaban J connectivity index is 2.52. The van der Waals surface area contributed by atoms with Gasteiger partial charge in [-0.05, 0) is 37.3 Å². The van der Waals surface area contributed by atoms with E-state index in [0.29, 0.717) is 18.6 Å². The van der Waals surface area contributed by atoms with Gasteiger partial charge in [-0.1, -0.05) is 24.3 Å². The van der Waals surface area contributed by atoms with Crippen LogP contribution < -0.4 is 11.5 Å². The molecule has 1 rings (SSSR count). The van der Waals surface area contributed by atoms with Crippen LogP contribution in [0.4, 0.5) is 0 Å². The maximum atomic E-state index is 10.7. The Morgan fingerprint density at radius 2 is 1.79 bits per heavy atom. The number of hydrogen-bond acceptors (Lipinski definition) is 4. The molecule has 0 heterocycles. The Labute approximate surface area is 113 Å². The Morgan fingerprint density at radius 1 is 1.26 bits per heavy atom. The van der Waals surface area contributed by atoms with Crippen molar-refractivity contribution in [2.75, 3.05) is 0 Å². The van der Waals surface area contributed by atoms with Crippen LogP contribution in [-0.4, -0.2) is 28.9 Å². The van der Waals surface area contributed by atoms with Gasteiger partial charge in [0.15, 0.2) is 0 Å². The molecule has 0 amide bonds. The molecular formula is C14H21N3O2. The second kappa shape index (κ2) is 7.01. The summed E-state index contributed by atoms with van der Waals surface area (Å²) in [5, 5.41) is 16.4. The van der Waals surface area contributed by atoms with E-state index in [9.17, 15) is 4.79 Å². The molecule has 0 spiro atoms. The number of rotatable bonds is 7. The molecule has 2 atom stereocenters. The molecule has 5 heteroatoms. The van der Waals surface area contributed by atoms with Crippen molar-refractivity contribution in [2.45, 2.75) is 38.3 Å². The van der Waals surface area contributed by atoms with Crippen LogP contribution in [0.15, 0.2) is 24.3 Å². The first-order valence-corrected chi connectivity index (χ1v) is 6.29. The predicted molar refractivity (Wildman–Crippen MR) is 75.5 cm³/mol. The van der Waals surface area contributed by atoms with Crippen molar-refractivity contribution in [1.29, 1.82) is 5.41 Å². The summed E-state index contributed by atoms with van der Waals surface area (Å²) in [6.45, 7) is 1.80. The van der Waals surface area contributed by atoms with Gasteiger partial charge in [0.05, 0.1) is 0 Å². The molecule has 0 saturated carbocycles. The van der Waals surface area contributed by atoms with Crippen molar-refractivity contribution in [3.63, 3.8) is 0 Å². The average Bonchev–Trinajstić information content (AvgIpc) is 2.37. The lowest BCUT2D eigenvalue weighted by molar-refractivity contribution is -0.138. The van der Waals surface area contributed by atoms with Crippen LogP contribution in [0.2, 0.25) is 0 Å². The fraction of sp³-hybridized carbons (Fsp3) is 0.429. The Hall–Kier alpha value is -1.72. The van der Waals surface area contributed by atoms with E-state index in [4.69, 9.17) is 22.0 Å². The van der Waals surface area contributed by atoms with Gasteiger partial charge >= 0.3 is 5.97 Å². The van der Waals surface area contributed by atoms with E-state index >= 15 is 0 Å². The number of nitrogens with one attached hydrogen (secondary N) is 1. The van der Waals surface area contributed by atoms with Crippen molar-refractivity contribution >= 4 is 11.7 Å². The summed E-state index contributed by atoms with van der Waals surface area (Å²) in [5.41, 5.74) is 13.6. The third-order valence-corrected chi connectivity index (χ3v) is 3.03. The third-order valence-electron chi connectivity index (χ3n) is 3.03. The molecule has 6 N–H and O–H groups in total. The molecule has 1 aromatic rings. The first-order chi connectivity index (χ1) is 8.90. The quantitative estimate of drug-likeness (QED) is 0.548. The van der Waals surface area contributed by atoms with Gasteiger partial charge in [0, 0.05) is 11.8 Å². The smallest absolute Gasteiger partial charge is 0.320 e. The van der Waals surface area contributed by atoms with Gasteiger partial charge in [0.25, 0.3) is 0 Å². The van der Waals surface area contributed by atoms with Crippen LogP contribution in [0.25, 0.3) is 0 Å². The Bertz CT molecular complexity index is 441. The number of carboxylic acids is 1. The number of aryl methyl sites for hydroxylation is 1. The zero-order valence-corrected chi connectivity index (χ0v) is 11.1. The highest BCUT2D eigenvalue weighted by atomic mass is 16.4. The summed E-state index contributed by atoms with van der Waals surface area (Å²) in [7, 11) is 0. The molecule has 0 fully saturated rings. The van der Waals surface area contributed by atoms with Crippen molar-refractivity contribution < 1.29 is 9.90 Å². The van der Waals surface area contributed by atoms with Gasteiger partial charge in [-0.2, -0.15) is 0 Å². The number of hydrogen-bond donors (Lipinski definition) is 4. The predicted octanol–water partition coefficient (Wildman–Crippen LogP) is 0.941. The minimum absolute atomic E-state index is 0.201. The molecule has 0 saturated heterocycles. The number of carboxylic acid groups (broad SMARTS) is 1. The van der Waals surface area contributed by atoms with Gasteiger partial charge < -0.3 is 22.0 Å². The van der Waals surface area contributed by atoms with Crippen LogP contribution in [0.3, 0.4) is 0 Å². The third kappa shape index (κ3) is 5.19. The van der Waals surface area contributed by atoms with Gasteiger partial charge in [0.2, 0.25) is 0 Å². The fourth-order valence-electron chi connectivity index (χ4n) is 1.69. The highest BCUT2D eigenvalue weighted by Gasteiger charge is 2.11. The van der Waals surface area contributed by atoms with Crippen molar-refractivity contribution in [3.8, 4) is 0 Å². The monoisotopic (exact) mass is 263 g/mol. The first-order valence-electron chi connectivity index (χ1n) is 6.29. The van der Waals surface area contributed by atoms with E-state index < -0.39 is 12.0 Å². The lowest BCUT2D eigenvalue weighted by Gasteiger charge is -2.09. The van der Waals surface area contributed by atoms with Gasteiger partial charge in [-0.15, -0.1) is 0 Å². The van der Waals surface area contributed by atoms with E-state index in [1.165, 1.54) is 0 Å². The molecule has 0 aliphatic rings. The molecule has 1 unspecified atom stereocenters. The lowest BCUT2D eigenvalue weighted by Crippen LogP contribution is -2.32. The molecule has 0 radical (unpaired) electrons. The molecule has 0 aliphatic carbocycles. The maximum Gasteiger partial charge on any atom is 0.320 e. The zero-order chi connectivity index (χ0) is 14.4. The van der Waals surface area contributed by atoms with Crippen LogP contribution >= 0.6 is 0 Å². The van der Waals surface area contributed by atoms with Crippen LogP contribution in [0.1, 0.15) is 24.5 Å². The molecule has 19 heavy (non-hydrogen) atoms. The van der Waals surface area contributed by atoms with Gasteiger partial charge in [-0.25, -0.2) is 0 Å². The van der Waals surface area contributed by atoms with E-state index in [1.54, 1.807) is 6.92 Å². The summed E-state index contributed by atoms with van der Waals surface area (Å²) >= 11 is 0. The molecule has 104 valence electrons. The Kier molecular flexibility index (Phi) is 5.66. The zero-order valence-electron chi connectivity index (χ0n) is 11.1. The van der Waals surface area contributed by atoms with Gasteiger partial charge in [-0.3, -0.25) is 4.79 Å². The normalized spacial score (nSPS) is 13.8. The average molecular weight is 263 g/mol. The second-order valence-electron chi connectivity index (χ2n) is 4.78. The largest absolute Gasteiger partial charge is 0.480 e.